The first-order valence-corrected chi connectivity index (χ1v) is 6.26. The average Bonchev–Trinajstić information content (AvgIpc) is 2.42. The lowest BCUT2D eigenvalue weighted by atomic mass is 10.1. The summed E-state index contributed by atoms with van der Waals surface area (Å²) in [4.78, 5) is 0. The molecular weight excluding hydrogens is 286 g/mol. The highest BCUT2D eigenvalue weighted by molar-refractivity contribution is 5.32. The molecule has 0 unspecified atom stereocenters. The van der Waals surface area contributed by atoms with Crippen LogP contribution in [0.2, 0.25) is 0 Å². The Bertz CT molecular complexity index is 623. The van der Waals surface area contributed by atoms with E-state index in [1.54, 1.807) is 0 Å². The fourth-order valence-corrected chi connectivity index (χ4v) is 1.85. The highest BCUT2D eigenvalue weighted by Crippen LogP contribution is 2.24. The minimum Gasteiger partial charge on any atom is -0.483 e. The van der Waals surface area contributed by atoms with Gasteiger partial charge in [-0.25, -0.2) is 17.6 Å². The number of hydrogen-bond acceptors (Lipinski definition) is 2. The molecule has 0 heterocycles. The van der Waals surface area contributed by atoms with Crippen molar-refractivity contribution in [2.75, 3.05) is 6.54 Å². The third-order valence-electron chi connectivity index (χ3n) is 2.86. The summed E-state index contributed by atoms with van der Waals surface area (Å²) in [6, 6.07) is 5.38. The van der Waals surface area contributed by atoms with Crippen molar-refractivity contribution in [1.82, 2.24) is 0 Å². The Labute approximate surface area is 119 Å². The predicted molar refractivity (Wildman–Crippen MR) is 69.8 cm³/mol. The van der Waals surface area contributed by atoms with Crippen LogP contribution in [0.1, 0.15) is 11.1 Å². The van der Waals surface area contributed by atoms with Crippen molar-refractivity contribution >= 4 is 0 Å². The normalized spacial score (nSPS) is 10.7. The summed E-state index contributed by atoms with van der Waals surface area (Å²) < 4.78 is 58.3. The van der Waals surface area contributed by atoms with Crippen molar-refractivity contribution in [2.24, 2.45) is 5.73 Å². The van der Waals surface area contributed by atoms with Gasteiger partial charge in [-0.15, -0.1) is 0 Å². The van der Waals surface area contributed by atoms with Gasteiger partial charge in [-0.3, -0.25) is 0 Å². The van der Waals surface area contributed by atoms with Crippen LogP contribution >= 0.6 is 0 Å². The smallest absolute Gasteiger partial charge is 0.191 e. The lowest BCUT2D eigenvalue weighted by Gasteiger charge is -2.10. The summed E-state index contributed by atoms with van der Waals surface area (Å²) in [5.74, 6) is -4.32. The summed E-state index contributed by atoms with van der Waals surface area (Å²) in [5.41, 5.74) is 6.00. The first-order valence-electron chi connectivity index (χ1n) is 6.26. The van der Waals surface area contributed by atoms with Gasteiger partial charge in [0.25, 0.3) is 0 Å². The molecular formula is C15H13F4NO. The molecule has 0 bridgehead atoms. The Kier molecular flexibility index (Phi) is 4.80. The van der Waals surface area contributed by atoms with Gasteiger partial charge in [-0.2, -0.15) is 0 Å². The Morgan fingerprint density at radius 2 is 1.43 bits per heavy atom. The molecule has 0 aromatic heterocycles. The van der Waals surface area contributed by atoms with E-state index in [-0.39, 0.29) is 18.7 Å². The monoisotopic (exact) mass is 299 g/mol. The van der Waals surface area contributed by atoms with Crippen LogP contribution < -0.4 is 10.5 Å². The van der Waals surface area contributed by atoms with Gasteiger partial charge in [0.15, 0.2) is 29.0 Å². The molecule has 6 heteroatoms. The SMILES string of the molecule is NCCc1cc(F)c(OCc2ccc(F)c(F)c2)c(F)c1. The molecule has 0 fully saturated rings. The number of halogens is 4. The minimum absolute atomic E-state index is 0.263. The van der Waals surface area contributed by atoms with Crippen LogP contribution in [0.15, 0.2) is 30.3 Å². The average molecular weight is 299 g/mol. The maximum atomic E-state index is 13.7. The van der Waals surface area contributed by atoms with Crippen molar-refractivity contribution in [2.45, 2.75) is 13.0 Å². The van der Waals surface area contributed by atoms with E-state index in [0.717, 1.165) is 24.3 Å². The number of ether oxygens (including phenoxy) is 1. The van der Waals surface area contributed by atoms with Crippen molar-refractivity contribution < 1.29 is 22.3 Å². The lowest BCUT2D eigenvalue weighted by Crippen LogP contribution is -2.05. The van der Waals surface area contributed by atoms with E-state index < -0.39 is 29.0 Å². The van der Waals surface area contributed by atoms with Crippen molar-refractivity contribution in [1.29, 1.82) is 0 Å². The van der Waals surface area contributed by atoms with Crippen LogP contribution in [0.4, 0.5) is 17.6 Å². The standard InChI is InChI=1S/C15H13F4NO/c16-11-2-1-10(7-12(11)17)8-21-15-13(18)5-9(3-4-20)6-14(15)19/h1-2,5-7H,3-4,8,20H2. The quantitative estimate of drug-likeness (QED) is 0.860. The van der Waals surface area contributed by atoms with Gasteiger partial charge >= 0.3 is 0 Å². The van der Waals surface area contributed by atoms with Crippen molar-refractivity contribution in [3.05, 3.63) is 64.7 Å². The predicted octanol–water partition coefficient (Wildman–Crippen LogP) is 3.32. The highest BCUT2D eigenvalue weighted by Gasteiger charge is 2.13. The van der Waals surface area contributed by atoms with E-state index in [4.69, 9.17) is 10.5 Å². The summed E-state index contributed by atoms with van der Waals surface area (Å²) in [6.45, 7) is -0.00475. The first kappa shape index (κ1) is 15.3. The van der Waals surface area contributed by atoms with Gasteiger partial charge in [-0.05, 0) is 48.4 Å². The van der Waals surface area contributed by atoms with Gasteiger partial charge in [0, 0.05) is 0 Å². The summed E-state index contributed by atoms with van der Waals surface area (Å²) in [7, 11) is 0. The zero-order valence-electron chi connectivity index (χ0n) is 11.0. The molecule has 21 heavy (non-hydrogen) atoms. The van der Waals surface area contributed by atoms with Crippen molar-refractivity contribution in [3.8, 4) is 5.75 Å². The fraction of sp³-hybridized carbons (Fsp3) is 0.200. The van der Waals surface area contributed by atoms with Crippen LogP contribution in [0.25, 0.3) is 0 Å². The van der Waals surface area contributed by atoms with Crippen LogP contribution in [0, 0.1) is 23.3 Å². The summed E-state index contributed by atoms with van der Waals surface area (Å²) in [5, 5.41) is 0. The van der Waals surface area contributed by atoms with E-state index in [1.165, 1.54) is 6.07 Å². The molecule has 0 amide bonds. The molecule has 2 N–H and O–H groups in total. The Morgan fingerprint density at radius 1 is 0.810 bits per heavy atom. The molecule has 0 saturated heterocycles. The van der Waals surface area contributed by atoms with E-state index in [0.29, 0.717) is 12.0 Å². The maximum Gasteiger partial charge on any atom is 0.191 e. The summed E-state index contributed by atoms with van der Waals surface area (Å²) >= 11 is 0. The zero-order chi connectivity index (χ0) is 15.4. The first-order chi connectivity index (χ1) is 10.0. The third-order valence-corrected chi connectivity index (χ3v) is 2.86. The van der Waals surface area contributed by atoms with E-state index in [1.807, 2.05) is 0 Å². The molecule has 0 aliphatic heterocycles. The largest absolute Gasteiger partial charge is 0.483 e. The Hall–Kier alpha value is -2.08. The molecule has 0 spiro atoms. The van der Waals surface area contributed by atoms with Gasteiger partial charge < -0.3 is 10.5 Å². The fourth-order valence-electron chi connectivity index (χ4n) is 1.85. The van der Waals surface area contributed by atoms with Crippen LogP contribution in [-0.2, 0) is 13.0 Å². The van der Waals surface area contributed by atoms with Crippen LogP contribution in [-0.4, -0.2) is 6.54 Å². The molecule has 2 aromatic rings. The molecule has 0 saturated carbocycles. The molecule has 2 aromatic carbocycles. The van der Waals surface area contributed by atoms with Gasteiger partial charge in [-0.1, -0.05) is 6.07 Å². The molecule has 0 atom stereocenters. The lowest BCUT2D eigenvalue weighted by molar-refractivity contribution is 0.273. The van der Waals surface area contributed by atoms with E-state index in [2.05, 4.69) is 0 Å². The van der Waals surface area contributed by atoms with E-state index in [9.17, 15) is 17.6 Å². The number of hydrogen-bond donors (Lipinski definition) is 1. The molecule has 0 aliphatic carbocycles. The molecule has 0 aliphatic rings. The maximum absolute atomic E-state index is 13.7. The topological polar surface area (TPSA) is 35.2 Å². The minimum atomic E-state index is -1.05. The number of benzene rings is 2. The number of rotatable bonds is 5. The Morgan fingerprint density at radius 3 is 2.00 bits per heavy atom. The van der Waals surface area contributed by atoms with E-state index >= 15 is 0 Å². The Balaban J connectivity index is 2.14. The zero-order valence-corrected chi connectivity index (χ0v) is 11.0. The van der Waals surface area contributed by atoms with Crippen LogP contribution in [0.3, 0.4) is 0 Å². The summed E-state index contributed by atoms with van der Waals surface area (Å²) in [6.07, 6.45) is 0.345. The van der Waals surface area contributed by atoms with Crippen molar-refractivity contribution in [3.63, 3.8) is 0 Å². The highest BCUT2D eigenvalue weighted by atomic mass is 19.2. The third kappa shape index (κ3) is 3.72. The number of nitrogens with two attached hydrogens (primary N) is 1. The van der Waals surface area contributed by atoms with Gasteiger partial charge in [0.2, 0.25) is 0 Å². The molecule has 2 nitrogen and oxygen atoms in total. The second kappa shape index (κ2) is 6.58. The molecule has 112 valence electrons. The molecule has 2 rings (SSSR count). The van der Waals surface area contributed by atoms with Crippen LogP contribution in [0.5, 0.6) is 5.75 Å². The second-order valence-electron chi connectivity index (χ2n) is 4.46. The van der Waals surface area contributed by atoms with Gasteiger partial charge in [0.05, 0.1) is 0 Å². The molecule has 0 radical (unpaired) electrons. The second-order valence-corrected chi connectivity index (χ2v) is 4.46. The van der Waals surface area contributed by atoms with Gasteiger partial charge in [0.1, 0.15) is 6.61 Å².